The maximum atomic E-state index is 11.9. The van der Waals surface area contributed by atoms with E-state index in [2.05, 4.69) is 5.32 Å². The van der Waals surface area contributed by atoms with Crippen LogP contribution in [-0.2, 0) is 4.79 Å². The van der Waals surface area contributed by atoms with E-state index in [0.717, 1.165) is 18.4 Å². The van der Waals surface area contributed by atoms with E-state index in [0.29, 0.717) is 18.0 Å². The van der Waals surface area contributed by atoms with Crippen LogP contribution in [0.1, 0.15) is 48.0 Å². The zero-order valence-electron chi connectivity index (χ0n) is 11.1. The molecule has 1 amide bonds. The number of anilines is 1. The third-order valence-corrected chi connectivity index (χ3v) is 3.63. The van der Waals surface area contributed by atoms with E-state index in [-0.39, 0.29) is 11.5 Å². The molecule has 0 heterocycles. The van der Waals surface area contributed by atoms with Gasteiger partial charge >= 0.3 is 5.97 Å². The molecule has 0 bridgehead atoms. The highest BCUT2D eigenvalue weighted by Gasteiger charge is 2.19. The van der Waals surface area contributed by atoms with E-state index < -0.39 is 5.97 Å². The number of carboxylic acid groups (broad SMARTS) is 1. The quantitative estimate of drug-likeness (QED) is 0.874. The molecule has 19 heavy (non-hydrogen) atoms. The number of carboxylic acids is 1. The van der Waals surface area contributed by atoms with Crippen LogP contribution in [0.5, 0.6) is 0 Å². The lowest BCUT2D eigenvalue weighted by molar-refractivity contribution is -0.117. The minimum atomic E-state index is -1.01. The van der Waals surface area contributed by atoms with Gasteiger partial charge in [0.2, 0.25) is 5.91 Å². The summed E-state index contributed by atoms with van der Waals surface area (Å²) in [5.41, 5.74) is 1.41. The molecule has 1 aliphatic rings. The Morgan fingerprint density at radius 2 is 2.00 bits per heavy atom. The molecule has 1 aliphatic carbocycles. The minimum absolute atomic E-state index is 0.0850. The third kappa shape index (κ3) is 3.56. The highest BCUT2D eigenvalue weighted by molar-refractivity contribution is 6.00. The molecule has 0 saturated heterocycles. The topological polar surface area (TPSA) is 66.4 Å². The monoisotopic (exact) mass is 261 g/mol. The molecular formula is C15H19NO3. The maximum Gasteiger partial charge on any atom is 0.337 e. The van der Waals surface area contributed by atoms with Crippen LogP contribution in [-0.4, -0.2) is 17.0 Å². The van der Waals surface area contributed by atoms with E-state index in [4.69, 9.17) is 5.11 Å². The first-order chi connectivity index (χ1) is 9.06. The summed E-state index contributed by atoms with van der Waals surface area (Å²) in [5.74, 6) is -0.642. The number of carbonyl (C=O) groups excluding carboxylic acids is 1. The fraction of sp³-hybridized carbons (Fsp3) is 0.467. The zero-order chi connectivity index (χ0) is 13.8. The largest absolute Gasteiger partial charge is 0.478 e. The van der Waals surface area contributed by atoms with Crippen LogP contribution in [0.15, 0.2) is 18.2 Å². The minimum Gasteiger partial charge on any atom is -0.478 e. The molecule has 2 rings (SSSR count). The van der Waals surface area contributed by atoms with Gasteiger partial charge in [-0.1, -0.05) is 24.5 Å². The van der Waals surface area contributed by atoms with Gasteiger partial charge in [-0.25, -0.2) is 4.79 Å². The van der Waals surface area contributed by atoms with Gasteiger partial charge in [-0.05, 0) is 37.8 Å². The molecule has 0 atom stereocenters. The maximum absolute atomic E-state index is 11.9. The van der Waals surface area contributed by atoms with Gasteiger partial charge in [0.05, 0.1) is 11.3 Å². The summed E-state index contributed by atoms with van der Waals surface area (Å²) in [4.78, 5) is 23.1. The normalized spacial score (nSPS) is 15.4. The molecule has 2 N–H and O–H groups in total. The van der Waals surface area contributed by atoms with Crippen molar-refractivity contribution in [3.63, 3.8) is 0 Å². The van der Waals surface area contributed by atoms with Crippen molar-refractivity contribution >= 4 is 17.6 Å². The standard InChI is InChI=1S/C15H19NO3/c1-10-6-7-13(12(8-10)15(18)19)16-14(17)9-11-4-2-3-5-11/h6-8,11H,2-5,9H2,1H3,(H,16,17)(H,18,19). The van der Waals surface area contributed by atoms with Gasteiger partial charge in [0.1, 0.15) is 0 Å². The van der Waals surface area contributed by atoms with Crippen molar-refractivity contribution in [2.24, 2.45) is 5.92 Å². The number of nitrogens with one attached hydrogen (secondary N) is 1. The average Bonchev–Trinajstić information content (AvgIpc) is 2.83. The molecule has 1 saturated carbocycles. The molecule has 0 spiro atoms. The number of aromatic carboxylic acids is 1. The van der Waals surface area contributed by atoms with Crippen molar-refractivity contribution in [1.29, 1.82) is 0 Å². The molecule has 0 unspecified atom stereocenters. The number of carbonyl (C=O) groups is 2. The summed E-state index contributed by atoms with van der Waals surface area (Å²) in [5, 5.41) is 11.9. The Kier molecular flexibility index (Phi) is 4.20. The molecule has 0 aromatic heterocycles. The van der Waals surface area contributed by atoms with E-state index in [9.17, 15) is 9.59 Å². The molecular weight excluding hydrogens is 242 g/mol. The van der Waals surface area contributed by atoms with Crippen molar-refractivity contribution in [1.82, 2.24) is 0 Å². The molecule has 102 valence electrons. The molecule has 0 radical (unpaired) electrons. The van der Waals surface area contributed by atoms with Crippen molar-refractivity contribution in [2.45, 2.75) is 39.0 Å². The smallest absolute Gasteiger partial charge is 0.337 e. The Bertz CT molecular complexity index is 490. The number of amides is 1. The summed E-state index contributed by atoms with van der Waals surface area (Å²) in [6.45, 7) is 1.83. The summed E-state index contributed by atoms with van der Waals surface area (Å²) < 4.78 is 0. The fourth-order valence-corrected chi connectivity index (χ4v) is 2.62. The summed E-state index contributed by atoms with van der Waals surface area (Å²) in [6, 6.07) is 5.04. The lowest BCUT2D eigenvalue weighted by Gasteiger charge is -2.12. The number of hydrogen-bond acceptors (Lipinski definition) is 2. The Morgan fingerprint density at radius 3 is 2.63 bits per heavy atom. The van der Waals surface area contributed by atoms with E-state index in [1.807, 2.05) is 6.92 Å². The van der Waals surface area contributed by atoms with Crippen LogP contribution in [0, 0.1) is 12.8 Å². The first kappa shape index (κ1) is 13.6. The van der Waals surface area contributed by atoms with Gasteiger partial charge < -0.3 is 10.4 Å². The molecule has 1 aromatic carbocycles. The summed E-state index contributed by atoms with van der Waals surface area (Å²) >= 11 is 0. The summed E-state index contributed by atoms with van der Waals surface area (Å²) in [7, 11) is 0. The number of aryl methyl sites for hydroxylation is 1. The van der Waals surface area contributed by atoms with Crippen LogP contribution >= 0.6 is 0 Å². The number of rotatable bonds is 4. The van der Waals surface area contributed by atoms with Gasteiger partial charge in [-0.3, -0.25) is 4.79 Å². The predicted octanol–water partition coefficient (Wildman–Crippen LogP) is 3.21. The second kappa shape index (κ2) is 5.87. The highest BCUT2D eigenvalue weighted by atomic mass is 16.4. The summed E-state index contributed by atoms with van der Waals surface area (Å²) in [6.07, 6.45) is 5.10. The lowest BCUT2D eigenvalue weighted by atomic mass is 10.0. The molecule has 4 nitrogen and oxygen atoms in total. The Morgan fingerprint density at radius 1 is 1.32 bits per heavy atom. The van der Waals surface area contributed by atoms with Gasteiger partial charge in [-0.2, -0.15) is 0 Å². The highest BCUT2D eigenvalue weighted by Crippen LogP contribution is 2.28. The Balaban J connectivity index is 2.05. The van der Waals surface area contributed by atoms with Crippen molar-refractivity contribution in [2.75, 3.05) is 5.32 Å². The first-order valence-corrected chi connectivity index (χ1v) is 6.70. The third-order valence-electron chi connectivity index (χ3n) is 3.63. The second-order valence-electron chi connectivity index (χ2n) is 5.26. The van der Waals surface area contributed by atoms with E-state index >= 15 is 0 Å². The molecule has 4 heteroatoms. The average molecular weight is 261 g/mol. The van der Waals surface area contributed by atoms with Gasteiger partial charge in [0.15, 0.2) is 0 Å². The number of benzene rings is 1. The fourth-order valence-electron chi connectivity index (χ4n) is 2.62. The second-order valence-corrected chi connectivity index (χ2v) is 5.26. The van der Waals surface area contributed by atoms with Crippen molar-refractivity contribution < 1.29 is 14.7 Å². The van der Waals surface area contributed by atoms with Crippen LogP contribution in [0.2, 0.25) is 0 Å². The molecule has 1 aromatic rings. The van der Waals surface area contributed by atoms with Gasteiger partial charge in [0, 0.05) is 6.42 Å². The lowest BCUT2D eigenvalue weighted by Crippen LogP contribution is -2.17. The first-order valence-electron chi connectivity index (χ1n) is 6.70. The van der Waals surface area contributed by atoms with Crippen LogP contribution < -0.4 is 5.32 Å². The van der Waals surface area contributed by atoms with Gasteiger partial charge in [0.25, 0.3) is 0 Å². The van der Waals surface area contributed by atoms with Crippen LogP contribution in [0.25, 0.3) is 0 Å². The Hall–Kier alpha value is -1.84. The van der Waals surface area contributed by atoms with E-state index in [1.54, 1.807) is 18.2 Å². The number of hydrogen-bond donors (Lipinski definition) is 2. The van der Waals surface area contributed by atoms with E-state index in [1.165, 1.54) is 12.8 Å². The zero-order valence-corrected chi connectivity index (χ0v) is 11.1. The van der Waals surface area contributed by atoms with Crippen LogP contribution in [0.3, 0.4) is 0 Å². The van der Waals surface area contributed by atoms with Crippen molar-refractivity contribution in [3.8, 4) is 0 Å². The molecule has 0 aliphatic heterocycles. The van der Waals surface area contributed by atoms with Crippen LogP contribution in [0.4, 0.5) is 5.69 Å². The SMILES string of the molecule is Cc1ccc(NC(=O)CC2CCCC2)c(C(=O)O)c1. The van der Waals surface area contributed by atoms with Gasteiger partial charge in [-0.15, -0.1) is 0 Å². The molecule has 1 fully saturated rings. The Labute approximate surface area is 112 Å². The van der Waals surface area contributed by atoms with Crippen molar-refractivity contribution in [3.05, 3.63) is 29.3 Å². The predicted molar refractivity (Wildman–Crippen MR) is 73.3 cm³/mol.